The minimum absolute atomic E-state index is 0.117. The molecule has 26 heavy (non-hydrogen) atoms. The number of hydrogen-bond acceptors (Lipinski definition) is 5. The average Bonchev–Trinajstić information content (AvgIpc) is 2.64. The lowest BCUT2D eigenvalue weighted by molar-refractivity contribution is -0.147. The van der Waals surface area contributed by atoms with Gasteiger partial charge in [-0.3, -0.25) is 9.59 Å². The number of benzene rings is 1. The first-order chi connectivity index (χ1) is 12.5. The van der Waals surface area contributed by atoms with Crippen LogP contribution in [0.25, 0.3) is 0 Å². The van der Waals surface area contributed by atoms with Gasteiger partial charge in [0.25, 0.3) is 5.91 Å². The van der Waals surface area contributed by atoms with Crippen LogP contribution in [-0.2, 0) is 16.0 Å². The molecule has 2 aromatic rings. The van der Waals surface area contributed by atoms with E-state index in [0.29, 0.717) is 24.3 Å². The Morgan fingerprint density at radius 2 is 1.92 bits per heavy atom. The summed E-state index contributed by atoms with van der Waals surface area (Å²) < 4.78 is 5.00. The first-order valence-electron chi connectivity index (χ1n) is 8.03. The zero-order valence-electron chi connectivity index (χ0n) is 14.2. The van der Waals surface area contributed by atoms with Gasteiger partial charge in [0, 0.05) is 18.3 Å². The van der Waals surface area contributed by atoms with Crippen molar-refractivity contribution >= 4 is 40.8 Å². The van der Waals surface area contributed by atoms with Crippen LogP contribution in [0.5, 0.6) is 0 Å². The summed E-state index contributed by atoms with van der Waals surface area (Å²) in [6, 6.07) is 8.45. The maximum absolute atomic E-state index is 12.3. The monoisotopic (exact) mass is 395 g/mol. The van der Waals surface area contributed by atoms with E-state index in [1.54, 1.807) is 37.3 Å². The predicted molar refractivity (Wildman–Crippen MR) is 102 cm³/mol. The Morgan fingerprint density at radius 1 is 1.23 bits per heavy atom. The number of carbonyl (C=O) groups excluding carboxylic acids is 2. The summed E-state index contributed by atoms with van der Waals surface area (Å²) >= 11 is 11.8. The second kappa shape index (κ2) is 9.52. The van der Waals surface area contributed by atoms with E-state index in [4.69, 9.17) is 33.7 Å². The highest BCUT2D eigenvalue weighted by Gasteiger charge is 2.19. The van der Waals surface area contributed by atoms with E-state index in [-0.39, 0.29) is 28.6 Å². The lowest BCUT2D eigenvalue weighted by atomic mass is 9.98. The molecule has 6 nitrogen and oxygen atoms in total. The highest BCUT2D eigenvalue weighted by Crippen LogP contribution is 2.27. The molecule has 1 aromatic carbocycles. The summed E-state index contributed by atoms with van der Waals surface area (Å²) in [6.45, 7) is 2.26. The third-order valence-corrected chi connectivity index (χ3v) is 4.46. The van der Waals surface area contributed by atoms with Gasteiger partial charge in [-0.05, 0) is 37.1 Å². The van der Waals surface area contributed by atoms with E-state index >= 15 is 0 Å². The van der Waals surface area contributed by atoms with E-state index in [1.165, 1.54) is 6.20 Å². The molecule has 0 saturated carbocycles. The van der Waals surface area contributed by atoms with Crippen LogP contribution < -0.4 is 11.1 Å². The molecular formula is C18H19Cl2N3O3. The van der Waals surface area contributed by atoms with Gasteiger partial charge in [0.2, 0.25) is 0 Å². The molecule has 0 fully saturated rings. The summed E-state index contributed by atoms with van der Waals surface area (Å²) in [7, 11) is 0. The number of halogens is 2. The van der Waals surface area contributed by atoms with Gasteiger partial charge in [0.1, 0.15) is 10.2 Å². The molecule has 0 saturated heterocycles. The largest absolute Gasteiger partial charge is 0.466 e. The number of aromatic nitrogens is 1. The van der Waals surface area contributed by atoms with Crippen LogP contribution in [0.1, 0.15) is 22.8 Å². The molecule has 1 unspecified atom stereocenters. The number of nitrogens with two attached hydrogens (primary N) is 1. The third-order valence-electron chi connectivity index (χ3n) is 3.70. The topological polar surface area (TPSA) is 94.3 Å². The van der Waals surface area contributed by atoms with Crippen molar-refractivity contribution in [1.29, 1.82) is 0 Å². The normalized spacial score (nSPS) is 11.7. The maximum Gasteiger partial charge on any atom is 0.310 e. The molecule has 0 aliphatic heterocycles. The van der Waals surface area contributed by atoms with Crippen LogP contribution in [0.3, 0.4) is 0 Å². The number of nitrogens with zero attached hydrogens (tertiary/aromatic N) is 1. The van der Waals surface area contributed by atoms with Crippen LogP contribution in [-0.4, -0.2) is 30.0 Å². The van der Waals surface area contributed by atoms with Crippen molar-refractivity contribution in [3.8, 4) is 0 Å². The number of anilines is 1. The first-order valence-corrected chi connectivity index (χ1v) is 8.78. The number of esters is 1. The molecule has 8 heteroatoms. The Hall–Kier alpha value is -2.15. The molecule has 1 heterocycles. The fourth-order valence-electron chi connectivity index (χ4n) is 2.31. The zero-order valence-corrected chi connectivity index (χ0v) is 15.7. The molecule has 1 aromatic heterocycles. The summed E-state index contributed by atoms with van der Waals surface area (Å²) in [5.74, 6) is -1.06. The second-order valence-electron chi connectivity index (χ2n) is 5.50. The van der Waals surface area contributed by atoms with Gasteiger partial charge in [-0.2, -0.15) is 0 Å². The van der Waals surface area contributed by atoms with Gasteiger partial charge in [0.15, 0.2) is 0 Å². The van der Waals surface area contributed by atoms with Gasteiger partial charge < -0.3 is 15.8 Å². The van der Waals surface area contributed by atoms with Crippen LogP contribution >= 0.6 is 23.2 Å². The molecule has 1 amide bonds. The molecular weight excluding hydrogens is 377 g/mol. The number of hydrogen-bond donors (Lipinski definition) is 2. The van der Waals surface area contributed by atoms with Gasteiger partial charge in [-0.25, -0.2) is 4.98 Å². The lowest BCUT2D eigenvalue weighted by Gasteiger charge is -2.13. The van der Waals surface area contributed by atoms with E-state index in [2.05, 4.69) is 10.3 Å². The molecule has 0 spiro atoms. The van der Waals surface area contributed by atoms with Crippen LogP contribution in [0.2, 0.25) is 10.2 Å². The van der Waals surface area contributed by atoms with Crippen LogP contribution in [0.4, 0.5) is 5.69 Å². The Kier molecular flexibility index (Phi) is 7.38. The predicted octanol–water partition coefficient (Wildman–Crippen LogP) is 3.32. The van der Waals surface area contributed by atoms with E-state index in [0.717, 1.165) is 5.56 Å². The fraction of sp³-hybridized carbons (Fsp3) is 0.278. The Morgan fingerprint density at radius 3 is 2.54 bits per heavy atom. The summed E-state index contributed by atoms with van der Waals surface area (Å²) in [4.78, 5) is 28.0. The Labute approximate surface area is 161 Å². The second-order valence-corrected chi connectivity index (χ2v) is 6.24. The van der Waals surface area contributed by atoms with Crippen LogP contribution in [0, 0.1) is 5.92 Å². The SMILES string of the molecule is CCOC(=O)C(CN)Cc1ccc(C(=O)Nc2ccnc(Cl)c2Cl)cc1. The Bertz CT molecular complexity index is 782. The van der Waals surface area contributed by atoms with Crippen molar-refractivity contribution in [3.63, 3.8) is 0 Å². The summed E-state index contributed by atoms with van der Waals surface area (Å²) in [5.41, 5.74) is 7.36. The number of nitrogens with one attached hydrogen (secondary N) is 1. The number of ether oxygens (including phenoxy) is 1. The van der Waals surface area contributed by atoms with Crippen molar-refractivity contribution < 1.29 is 14.3 Å². The smallest absolute Gasteiger partial charge is 0.310 e. The fourth-order valence-corrected chi connectivity index (χ4v) is 2.63. The van der Waals surface area contributed by atoms with Crippen LogP contribution in [0.15, 0.2) is 36.5 Å². The van der Waals surface area contributed by atoms with E-state index in [9.17, 15) is 9.59 Å². The molecule has 3 N–H and O–H groups in total. The minimum atomic E-state index is -0.410. The minimum Gasteiger partial charge on any atom is -0.466 e. The molecule has 0 bridgehead atoms. The maximum atomic E-state index is 12.3. The standard InChI is InChI=1S/C18H19Cl2N3O3/c1-2-26-18(25)13(10-21)9-11-3-5-12(6-4-11)17(24)23-14-7-8-22-16(20)15(14)19/h3-8,13H,2,9-10,21H2,1H3,(H,22,23,24). The van der Waals surface area contributed by atoms with Gasteiger partial charge >= 0.3 is 5.97 Å². The molecule has 0 aliphatic carbocycles. The molecule has 138 valence electrons. The van der Waals surface area contributed by atoms with Crippen molar-refractivity contribution in [1.82, 2.24) is 4.98 Å². The molecule has 2 rings (SSSR count). The number of rotatable bonds is 7. The highest BCUT2D eigenvalue weighted by atomic mass is 35.5. The zero-order chi connectivity index (χ0) is 19.1. The quantitative estimate of drug-likeness (QED) is 0.553. The Balaban J connectivity index is 2.05. The van der Waals surface area contributed by atoms with Gasteiger partial charge in [0.05, 0.1) is 18.2 Å². The highest BCUT2D eigenvalue weighted by molar-refractivity contribution is 6.43. The average molecular weight is 396 g/mol. The first kappa shape index (κ1) is 20.2. The van der Waals surface area contributed by atoms with Crippen molar-refractivity contribution in [2.24, 2.45) is 11.7 Å². The van der Waals surface area contributed by atoms with Crippen molar-refractivity contribution in [3.05, 3.63) is 57.8 Å². The van der Waals surface area contributed by atoms with Crippen molar-refractivity contribution in [2.45, 2.75) is 13.3 Å². The summed E-state index contributed by atoms with van der Waals surface area (Å²) in [6.07, 6.45) is 1.90. The lowest BCUT2D eigenvalue weighted by Crippen LogP contribution is -2.27. The van der Waals surface area contributed by atoms with Gasteiger partial charge in [-0.15, -0.1) is 0 Å². The molecule has 0 aliphatic rings. The van der Waals surface area contributed by atoms with E-state index in [1.807, 2.05) is 0 Å². The summed E-state index contributed by atoms with van der Waals surface area (Å²) in [5, 5.41) is 2.98. The van der Waals surface area contributed by atoms with Gasteiger partial charge in [-0.1, -0.05) is 35.3 Å². The number of pyridine rings is 1. The van der Waals surface area contributed by atoms with E-state index < -0.39 is 5.92 Å². The molecule has 1 atom stereocenters. The molecule has 0 radical (unpaired) electrons. The third kappa shape index (κ3) is 5.17. The number of carbonyl (C=O) groups is 2. The van der Waals surface area contributed by atoms with Crippen molar-refractivity contribution in [2.75, 3.05) is 18.5 Å². The number of amides is 1.